The quantitative estimate of drug-likeness (QED) is 0.811. The van der Waals surface area contributed by atoms with Crippen LogP contribution in [0.15, 0.2) is 18.2 Å². The van der Waals surface area contributed by atoms with Gasteiger partial charge in [0.1, 0.15) is 5.75 Å². The molecule has 4 nitrogen and oxygen atoms in total. The zero-order valence-electron chi connectivity index (χ0n) is 15.5. The molecule has 0 radical (unpaired) electrons. The van der Waals surface area contributed by atoms with Gasteiger partial charge in [-0.1, -0.05) is 31.5 Å². The van der Waals surface area contributed by atoms with Gasteiger partial charge in [0.15, 0.2) is 0 Å². The first-order valence-electron chi connectivity index (χ1n) is 9.35. The maximum absolute atomic E-state index is 12.9. The highest BCUT2D eigenvalue weighted by molar-refractivity contribution is 6.35. The molecule has 2 unspecified atom stereocenters. The zero-order valence-corrected chi connectivity index (χ0v) is 16.3. The number of rotatable bonds is 4. The van der Waals surface area contributed by atoms with Crippen LogP contribution in [0.25, 0.3) is 0 Å². The molecule has 1 amide bonds. The van der Waals surface area contributed by atoms with Crippen molar-refractivity contribution >= 4 is 17.5 Å². The van der Waals surface area contributed by atoms with E-state index in [-0.39, 0.29) is 5.91 Å². The number of piperidine rings is 1. The number of halogens is 1. The van der Waals surface area contributed by atoms with Crippen molar-refractivity contribution in [1.82, 2.24) is 9.80 Å². The van der Waals surface area contributed by atoms with Crippen molar-refractivity contribution in [2.24, 2.45) is 11.8 Å². The van der Waals surface area contributed by atoms with Crippen LogP contribution >= 0.6 is 11.6 Å². The summed E-state index contributed by atoms with van der Waals surface area (Å²) in [6, 6.07) is 5.89. The largest absolute Gasteiger partial charge is 0.495 e. The number of benzene rings is 1. The third kappa shape index (κ3) is 4.12. The molecule has 2 aliphatic heterocycles. The SMILES string of the molecule is COc1cccc(C(=O)N2CCN3CC(CC(C)C)CCC3C2)c1Cl. The fourth-order valence-corrected chi connectivity index (χ4v) is 4.59. The molecule has 0 N–H and O–H groups in total. The number of hydrogen-bond donors (Lipinski definition) is 0. The second-order valence-corrected chi connectivity index (χ2v) is 8.17. The predicted molar refractivity (Wildman–Crippen MR) is 101 cm³/mol. The molecule has 25 heavy (non-hydrogen) atoms. The van der Waals surface area contributed by atoms with E-state index in [1.807, 2.05) is 11.0 Å². The molecule has 2 atom stereocenters. The van der Waals surface area contributed by atoms with Gasteiger partial charge in [-0.2, -0.15) is 0 Å². The number of piperazine rings is 1. The number of carbonyl (C=O) groups excluding carboxylic acids is 1. The third-order valence-corrected chi connectivity index (χ3v) is 5.90. The molecule has 5 heteroatoms. The average Bonchev–Trinajstić information content (AvgIpc) is 2.60. The molecule has 0 bridgehead atoms. The Bertz CT molecular complexity index is 620. The molecule has 2 aliphatic rings. The molecule has 2 heterocycles. The molecule has 0 spiro atoms. The number of methoxy groups -OCH3 is 1. The number of carbonyl (C=O) groups is 1. The molecule has 1 aromatic carbocycles. The lowest BCUT2D eigenvalue weighted by atomic mass is 9.86. The summed E-state index contributed by atoms with van der Waals surface area (Å²) in [5, 5.41) is 0.415. The van der Waals surface area contributed by atoms with Gasteiger partial charge in [-0.15, -0.1) is 0 Å². The molecule has 2 saturated heterocycles. The fraction of sp³-hybridized carbons (Fsp3) is 0.650. The highest BCUT2D eigenvalue weighted by Gasteiger charge is 2.35. The number of hydrogen-bond acceptors (Lipinski definition) is 3. The highest BCUT2D eigenvalue weighted by atomic mass is 35.5. The first-order valence-corrected chi connectivity index (χ1v) is 9.73. The third-order valence-electron chi connectivity index (χ3n) is 5.51. The Labute approximate surface area is 156 Å². The van der Waals surface area contributed by atoms with E-state index in [2.05, 4.69) is 18.7 Å². The maximum Gasteiger partial charge on any atom is 0.255 e. The van der Waals surface area contributed by atoms with E-state index in [1.165, 1.54) is 25.8 Å². The van der Waals surface area contributed by atoms with Gasteiger partial charge in [0.2, 0.25) is 0 Å². The minimum absolute atomic E-state index is 0.0212. The van der Waals surface area contributed by atoms with Gasteiger partial charge in [0.25, 0.3) is 5.91 Å². The molecule has 3 rings (SSSR count). The van der Waals surface area contributed by atoms with Gasteiger partial charge in [0, 0.05) is 32.2 Å². The van der Waals surface area contributed by atoms with Crippen LogP contribution in [0, 0.1) is 11.8 Å². The van der Waals surface area contributed by atoms with E-state index in [1.54, 1.807) is 19.2 Å². The van der Waals surface area contributed by atoms with Crippen LogP contribution in [0.4, 0.5) is 0 Å². The van der Waals surface area contributed by atoms with Crippen molar-refractivity contribution in [3.63, 3.8) is 0 Å². The van der Waals surface area contributed by atoms with Crippen LogP contribution in [-0.2, 0) is 0 Å². The fourth-order valence-electron chi connectivity index (χ4n) is 4.31. The van der Waals surface area contributed by atoms with Crippen LogP contribution in [0.1, 0.15) is 43.5 Å². The second kappa shape index (κ2) is 7.96. The smallest absolute Gasteiger partial charge is 0.255 e. The molecule has 2 fully saturated rings. The highest BCUT2D eigenvalue weighted by Crippen LogP contribution is 2.32. The molecule has 1 aromatic rings. The molecular weight excluding hydrogens is 336 g/mol. The number of nitrogens with zero attached hydrogens (tertiary/aromatic N) is 2. The van der Waals surface area contributed by atoms with Gasteiger partial charge >= 0.3 is 0 Å². The Morgan fingerprint density at radius 2 is 2.08 bits per heavy atom. The van der Waals surface area contributed by atoms with Crippen LogP contribution in [0.5, 0.6) is 5.75 Å². The number of ether oxygens (including phenoxy) is 1. The Morgan fingerprint density at radius 3 is 2.80 bits per heavy atom. The summed E-state index contributed by atoms with van der Waals surface area (Å²) in [5.41, 5.74) is 0.544. The van der Waals surface area contributed by atoms with Crippen LogP contribution in [-0.4, -0.2) is 55.0 Å². The van der Waals surface area contributed by atoms with Crippen LogP contribution in [0.2, 0.25) is 5.02 Å². The number of amides is 1. The van der Waals surface area contributed by atoms with Crippen molar-refractivity contribution in [3.05, 3.63) is 28.8 Å². The molecule has 0 aliphatic carbocycles. The van der Waals surface area contributed by atoms with Gasteiger partial charge in [0.05, 0.1) is 17.7 Å². The van der Waals surface area contributed by atoms with E-state index >= 15 is 0 Å². The Hall–Kier alpha value is -1.26. The molecular formula is C20H29ClN2O2. The lowest BCUT2D eigenvalue weighted by Crippen LogP contribution is -2.57. The van der Waals surface area contributed by atoms with Crippen molar-refractivity contribution < 1.29 is 9.53 Å². The summed E-state index contributed by atoms with van der Waals surface area (Å²) in [7, 11) is 1.57. The Kier molecular flexibility index (Phi) is 5.90. The monoisotopic (exact) mass is 364 g/mol. The first kappa shape index (κ1) is 18.5. The van der Waals surface area contributed by atoms with Gasteiger partial charge in [-0.05, 0) is 43.2 Å². The average molecular weight is 365 g/mol. The molecule has 0 saturated carbocycles. The van der Waals surface area contributed by atoms with E-state index < -0.39 is 0 Å². The summed E-state index contributed by atoms with van der Waals surface area (Å²) in [6.07, 6.45) is 3.78. The zero-order chi connectivity index (χ0) is 18.0. The molecule has 0 aromatic heterocycles. The van der Waals surface area contributed by atoms with E-state index in [0.29, 0.717) is 22.4 Å². The predicted octanol–water partition coefficient (Wildman–Crippen LogP) is 3.93. The lowest BCUT2D eigenvalue weighted by Gasteiger charge is -2.46. The summed E-state index contributed by atoms with van der Waals surface area (Å²) >= 11 is 6.34. The van der Waals surface area contributed by atoms with E-state index in [4.69, 9.17) is 16.3 Å². The van der Waals surface area contributed by atoms with Crippen LogP contribution in [0.3, 0.4) is 0 Å². The lowest BCUT2D eigenvalue weighted by molar-refractivity contribution is 0.0217. The van der Waals surface area contributed by atoms with Gasteiger partial charge < -0.3 is 9.64 Å². The summed E-state index contributed by atoms with van der Waals surface area (Å²) < 4.78 is 5.24. The Balaban J connectivity index is 1.65. The van der Waals surface area contributed by atoms with Crippen molar-refractivity contribution in [3.8, 4) is 5.75 Å². The topological polar surface area (TPSA) is 32.8 Å². The van der Waals surface area contributed by atoms with Crippen molar-refractivity contribution in [1.29, 1.82) is 0 Å². The minimum Gasteiger partial charge on any atom is -0.495 e. The molecule has 138 valence electrons. The minimum atomic E-state index is 0.0212. The van der Waals surface area contributed by atoms with Crippen molar-refractivity contribution in [2.45, 2.75) is 39.2 Å². The summed E-state index contributed by atoms with van der Waals surface area (Å²) in [6.45, 7) is 8.34. The van der Waals surface area contributed by atoms with E-state index in [0.717, 1.165) is 31.5 Å². The van der Waals surface area contributed by atoms with Gasteiger partial charge in [-0.25, -0.2) is 0 Å². The summed E-state index contributed by atoms with van der Waals surface area (Å²) in [5.74, 6) is 2.15. The number of fused-ring (bicyclic) bond motifs is 1. The summed E-state index contributed by atoms with van der Waals surface area (Å²) in [4.78, 5) is 17.5. The van der Waals surface area contributed by atoms with Crippen LogP contribution < -0.4 is 4.74 Å². The maximum atomic E-state index is 12.9. The standard InChI is InChI=1S/C20H29ClN2O2/c1-14(2)11-15-7-8-16-13-23(10-9-22(16)12-15)20(24)17-5-4-6-18(25-3)19(17)21/h4-6,14-16H,7-13H2,1-3H3. The normalized spacial score (nSPS) is 24.3. The Morgan fingerprint density at radius 1 is 1.28 bits per heavy atom. The van der Waals surface area contributed by atoms with Gasteiger partial charge in [-0.3, -0.25) is 9.69 Å². The first-order chi connectivity index (χ1) is 12.0. The second-order valence-electron chi connectivity index (χ2n) is 7.79. The van der Waals surface area contributed by atoms with Crippen molar-refractivity contribution in [2.75, 3.05) is 33.3 Å². The van der Waals surface area contributed by atoms with E-state index in [9.17, 15) is 4.79 Å².